The second-order valence-electron chi connectivity index (χ2n) is 4.58. The highest BCUT2D eigenvalue weighted by molar-refractivity contribution is 5.26. The van der Waals surface area contributed by atoms with Crippen molar-refractivity contribution < 1.29 is 9.13 Å². The molecule has 0 radical (unpaired) electrons. The summed E-state index contributed by atoms with van der Waals surface area (Å²) in [5.41, 5.74) is 2.37. The molecule has 0 aromatic heterocycles. The fourth-order valence-corrected chi connectivity index (χ4v) is 1.87. The van der Waals surface area contributed by atoms with Crippen molar-refractivity contribution in [2.75, 3.05) is 27.4 Å². The van der Waals surface area contributed by atoms with Gasteiger partial charge in [0.15, 0.2) is 0 Å². The molecular weight excluding hydrogens is 217 g/mol. The summed E-state index contributed by atoms with van der Waals surface area (Å²) >= 11 is 0. The van der Waals surface area contributed by atoms with E-state index in [1.807, 2.05) is 11.9 Å². The minimum atomic E-state index is -0.361. The SMILES string of the molecule is COC(c1ccc(C(C)C)cc1)N(C)CCF. The highest BCUT2D eigenvalue weighted by Crippen LogP contribution is 2.22. The summed E-state index contributed by atoms with van der Waals surface area (Å²) < 4.78 is 17.7. The Morgan fingerprint density at radius 2 is 1.71 bits per heavy atom. The molecule has 3 heteroatoms. The van der Waals surface area contributed by atoms with E-state index in [1.165, 1.54) is 5.56 Å². The van der Waals surface area contributed by atoms with Gasteiger partial charge in [-0.05, 0) is 24.1 Å². The van der Waals surface area contributed by atoms with E-state index in [2.05, 4.69) is 38.1 Å². The first-order valence-electron chi connectivity index (χ1n) is 5.99. The maximum atomic E-state index is 12.3. The third-order valence-electron chi connectivity index (χ3n) is 2.95. The molecule has 0 saturated carbocycles. The first kappa shape index (κ1) is 14.1. The number of methoxy groups -OCH3 is 1. The summed E-state index contributed by atoms with van der Waals surface area (Å²) in [5.74, 6) is 0.522. The Kier molecular flexibility index (Phi) is 5.59. The van der Waals surface area contributed by atoms with E-state index in [4.69, 9.17) is 4.74 Å². The molecular formula is C14H22FNO. The van der Waals surface area contributed by atoms with Gasteiger partial charge in [0.05, 0.1) is 0 Å². The molecule has 2 nitrogen and oxygen atoms in total. The maximum absolute atomic E-state index is 12.3. The highest BCUT2D eigenvalue weighted by atomic mass is 19.1. The minimum Gasteiger partial charge on any atom is -0.362 e. The van der Waals surface area contributed by atoms with Crippen LogP contribution < -0.4 is 0 Å². The minimum absolute atomic E-state index is 0.174. The molecule has 0 aliphatic carbocycles. The Labute approximate surface area is 103 Å². The number of benzene rings is 1. The summed E-state index contributed by atoms with van der Waals surface area (Å²) in [6.07, 6.45) is -0.174. The van der Waals surface area contributed by atoms with Crippen LogP contribution in [0.2, 0.25) is 0 Å². The first-order chi connectivity index (χ1) is 8.10. The first-order valence-corrected chi connectivity index (χ1v) is 5.99. The van der Waals surface area contributed by atoms with Crippen molar-refractivity contribution in [3.05, 3.63) is 35.4 Å². The van der Waals surface area contributed by atoms with E-state index >= 15 is 0 Å². The molecule has 1 aromatic carbocycles. The summed E-state index contributed by atoms with van der Waals surface area (Å²) in [6, 6.07) is 8.32. The molecule has 1 aromatic rings. The second-order valence-corrected chi connectivity index (χ2v) is 4.58. The molecule has 0 saturated heterocycles. The van der Waals surface area contributed by atoms with Gasteiger partial charge < -0.3 is 4.74 Å². The number of hydrogen-bond donors (Lipinski definition) is 0. The molecule has 0 amide bonds. The Balaban J connectivity index is 2.82. The second kappa shape index (κ2) is 6.72. The van der Waals surface area contributed by atoms with Gasteiger partial charge in [-0.2, -0.15) is 0 Å². The van der Waals surface area contributed by atoms with Crippen LogP contribution in [0.4, 0.5) is 4.39 Å². The lowest BCUT2D eigenvalue weighted by atomic mass is 10.0. The molecule has 0 aliphatic rings. The predicted molar refractivity (Wildman–Crippen MR) is 68.9 cm³/mol. The third kappa shape index (κ3) is 3.79. The number of nitrogens with zero attached hydrogens (tertiary/aromatic N) is 1. The summed E-state index contributed by atoms with van der Waals surface area (Å²) in [4.78, 5) is 1.87. The van der Waals surface area contributed by atoms with E-state index in [0.717, 1.165) is 5.56 Å². The van der Waals surface area contributed by atoms with Crippen LogP contribution in [-0.4, -0.2) is 32.3 Å². The van der Waals surface area contributed by atoms with Crippen molar-refractivity contribution in [3.8, 4) is 0 Å². The summed E-state index contributed by atoms with van der Waals surface area (Å²) in [5, 5.41) is 0. The van der Waals surface area contributed by atoms with E-state index in [-0.39, 0.29) is 12.9 Å². The topological polar surface area (TPSA) is 12.5 Å². The van der Waals surface area contributed by atoms with Crippen LogP contribution in [0.25, 0.3) is 0 Å². The summed E-state index contributed by atoms with van der Waals surface area (Å²) in [6.45, 7) is 4.35. The lowest BCUT2D eigenvalue weighted by Gasteiger charge is -2.26. The normalized spacial score (nSPS) is 13.4. The van der Waals surface area contributed by atoms with Crippen LogP contribution in [0, 0.1) is 0 Å². The van der Waals surface area contributed by atoms with Crippen LogP contribution >= 0.6 is 0 Å². The van der Waals surface area contributed by atoms with Crippen molar-refractivity contribution in [2.45, 2.75) is 26.0 Å². The van der Waals surface area contributed by atoms with Crippen molar-refractivity contribution in [1.82, 2.24) is 4.90 Å². The Bertz CT molecular complexity index is 323. The molecule has 0 fully saturated rings. The zero-order chi connectivity index (χ0) is 12.8. The number of rotatable bonds is 6. The molecule has 0 heterocycles. The van der Waals surface area contributed by atoms with E-state index < -0.39 is 0 Å². The molecule has 1 unspecified atom stereocenters. The van der Waals surface area contributed by atoms with Gasteiger partial charge in [-0.15, -0.1) is 0 Å². The molecule has 17 heavy (non-hydrogen) atoms. The van der Waals surface area contributed by atoms with Crippen LogP contribution in [-0.2, 0) is 4.74 Å². The lowest BCUT2D eigenvalue weighted by molar-refractivity contribution is -0.0222. The van der Waals surface area contributed by atoms with Gasteiger partial charge in [0.2, 0.25) is 0 Å². The van der Waals surface area contributed by atoms with Gasteiger partial charge in [0.25, 0.3) is 0 Å². The Hall–Kier alpha value is -0.930. The van der Waals surface area contributed by atoms with Crippen LogP contribution in [0.1, 0.15) is 37.1 Å². The molecule has 96 valence electrons. The molecule has 0 bridgehead atoms. The third-order valence-corrected chi connectivity index (χ3v) is 2.95. The van der Waals surface area contributed by atoms with Crippen molar-refractivity contribution in [1.29, 1.82) is 0 Å². The zero-order valence-electron chi connectivity index (χ0n) is 11.1. The Morgan fingerprint density at radius 1 is 1.18 bits per heavy atom. The molecule has 1 rings (SSSR count). The maximum Gasteiger partial charge on any atom is 0.136 e. The zero-order valence-corrected chi connectivity index (χ0v) is 11.1. The molecule has 0 spiro atoms. The van der Waals surface area contributed by atoms with Gasteiger partial charge in [-0.1, -0.05) is 38.1 Å². The van der Waals surface area contributed by atoms with E-state index in [0.29, 0.717) is 12.5 Å². The molecule has 1 atom stereocenters. The standard InChI is InChI=1S/C14H22FNO/c1-11(2)12-5-7-13(8-6-12)14(17-4)16(3)10-9-15/h5-8,11,14H,9-10H2,1-4H3. The monoisotopic (exact) mass is 239 g/mol. The number of alkyl halides is 1. The van der Waals surface area contributed by atoms with Crippen LogP contribution in [0.15, 0.2) is 24.3 Å². The van der Waals surface area contributed by atoms with E-state index in [9.17, 15) is 4.39 Å². The Morgan fingerprint density at radius 3 is 2.12 bits per heavy atom. The number of halogens is 1. The fraction of sp³-hybridized carbons (Fsp3) is 0.571. The van der Waals surface area contributed by atoms with Crippen LogP contribution in [0.3, 0.4) is 0 Å². The largest absolute Gasteiger partial charge is 0.362 e. The quantitative estimate of drug-likeness (QED) is 0.706. The smallest absolute Gasteiger partial charge is 0.136 e. The van der Waals surface area contributed by atoms with Gasteiger partial charge in [-0.25, -0.2) is 4.39 Å². The van der Waals surface area contributed by atoms with E-state index in [1.54, 1.807) is 7.11 Å². The van der Waals surface area contributed by atoms with Crippen molar-refractivity contribution in [2.24, 2.45) is 0 Å². The van der Waals surface area contributed by atoms with Crippen LogP contribution in [0.5, 0.6) is 0 Å². The average molecular weight is 239 g/mol. The van der Waals surface area contributed by atoms with Gasteiger partial charge in [-0.3, -0.25) is 4.90 Å². The van der Waals surface area contributed by atoms with Gasteiger partial charge in [0.1, 0.15) is 12.9 Å². The average Bonchev–Trinajstić information content (AvgIpc) is 2.31. The number of ether oxygens (including phenoxy) is 1. The molecule has 0 aliphatic heterocycles. The number of hydrogen-bond acceptors (Lipinski definition) is 2. The fourth-order valence-electron chi connectivity index (χ4n) is 1.87. The predicted octanol–water partition coefficient (Wildman–Crippen LogP) is 3.36. The van der Waals surface area contributed by atoms with Crippen molar-refractivity contribution >= 4 is 0 Å². The van der Waals surface area contributed by atoms with Gasteiger partial charge >= 0.3 is 0 Å². The lowest BCUT2D eigenvalue weighted by Crippen LogP contribution is -2.28. The van der Waals surface area contributed by atoms with Gasteiger partial charge in [0, 0.05) is 13.7 Å². The summed E-state index contributed by atoms with van der Waals surface area (Å²) in [7, 11) is 3.51. The molecule has 0 N–H and O–H groups in total. The highest BCUT2D eigenvalue weighted by Gasteiger charge is 2.15. The van der Waals surface area contributed by atoms with Crippen molar-refractivity contribution in [3.63, 3.8) is 0 Å².